The second kappa shape index (κ2) is 6.53. The Hall–Kier alpha value is -0.870. The van der Waals surface area contributed by atoms with E-state index in [0.29, 0.717) is 12.8 Å². The zero-order valence-electron chi connectivity index (χ0n) is 11.5. The van der Waals surface area contributed by atoms with E-state index in [9.17, 15) is 15.0 Å². The maximum Gasteiger partial charge on any atom is 0.306 e. The van der Waals surface area contributed by atoms with Crippen molar-refractivity contribution in [1.29, 1.82) is 0 Å². The number of fused-ring (bicyclic) bond motifs is 1. The van der Waals surface area contributed by atoms with Crippen molar-refractivity contribution in [2.24, 2.45) is 11.8 Å². The average Bonchev–Trinajstić information content (AvgIpc) is 2.82. The highest BCUT2D eigenvalue weighted by atomic mass is 16.6. The summed E-state index contributed by atoms with van der Waals surface area (Å²) in [6.07, 6.45) is 7.58. The molecule has 19 heavy (non-hydrogen) atoms. The number of aliphatic hydroxyl groups excluding tert-OH is 2. The number of unbranched alkanes of at least 4 members (excludes halogenated alkanes) is 2. The molecule has 0 amide bonds. The normalized spacial score (nSPS) is 35.6. The fraction of sp³-hybridized carbons (Fsp3) is 0.800. The lowest BCUT2D eigenvalue weighted by Crippen LogP contribution is -2.18. The number of carbonyl (C=O) groups is 1. The van der Waals surface area contributed by atoms with Crippen LogP contribution in [0.15, 0.2) is 12.2 Å². The molecule has 4 heteroatoms. The fourth-order valence-electron chi connectivity index (χ4n) is 3.14. The van der Waals surface area contributed by atoms with E-state index in [4.69, 9.17) is 4.74 Å². The van der Waals surface area contributed by atoms with Crippen LogP contribution in [-0.4, -0.2) is 34.5 Å². The van der Waals surface area contributed by atoms with Crippen LogP contribution >= 0.6 is 0 Å². The number of rotatable bonds is 6. The summed E-state index contributed by atoms with van der Waals surface area (Å²) in [5.41, 5.74) is 0. The Balaban J connectivity index is 1.85. The highest BCUT2D eigenvalue weighted by Gasteiger charge is 2.48. The average molecular weight is 268 g/mol. The van der Waals surface area contributed by atoms with Crippen LogP contribution in [0, 0.1) is 11.8 Å². The van der Waals surface area contributed by atoms with E-state index >= 15 is 0 Å². The molecule has 1 heterocycles. The maximum atomic E-state index is 11.2. The van der Waals surface area contributed by atoms with E-state index in [0.717, 1.165) is 25.7 Å². The van der Waals surface area contributed by atoms with Gasteiger partial charge in [-0.1, -0.05) is 38.3 Å². The van der Waals surface area contributed by atoms with Crippen molar-refractivity contribution >= 4 is 5.97 Å². The molecule has 108 valence electrons. The van der Waals surface area contributed by atoms with Crippen LogP contribution in [-0.2, 0) is 9.53 Å². The van der Waals surface area contributed by atoms with Gasteiger partial charge in [0.05, 0.1) is 18.6 Å². The summed E-state index contributed by atoms with van der Waals surface area (Å²) in [5, 5.41) is 19.8. The lowest BCUT2D eigenvalue weighted by molar-refractivity contribution is -0.141. The highest BCUT2D eigenvalue weighted by molar-refractivity contribution is 5.72. The predicted octanol–water partition coefficient (Wildman–Crippen LogP) is 1.80. The van der Waals surface area contributed by atoms with E-state index in [2.05, 4.69) is 6.92 Å². The van der Waals surface area contributed by atoms with E-state index < -0.39 is 12.2 Å². The zero-order chi connectivity index (χ0) is 13.8. The molecule has 0 aromatic heterocycles. The van der Waals surface area contributed by atoms with Crippen molar-refractivity contribution in [1.82, 2.24) is 0 Å². The largest absolute Gasteiger partial charge is 0.462 e. The number of aliphatic hydroxyl groups is 2. The van der Waals surface area contributed by atoms with Crippen LogP contribution < -0.4 is 0 Å². The summed E-state index contributed by atoms with van der Waals surface area (Å²) < 4.78 is 5.18. The third kappa shape index (κ3) is 3.57. The van der Waals surface area contributed by atoms with Crippen molar-refractivity contribution < 1.29 is 19.7 Å². The third-order valence-electron chi connectivity index (χ3n) is 4.23. The number of ether oxygens (including phenoxy) is 1. The van der Waals surface area contributed by atoms with Gasteiger partial charge in [-0.3, -0.25) is 4.79 Å². The molecule has 1 aliphatic heterocycles. The molecule has 2 N–H and O–H groups in total. The Bertz CT molecular complexity index is 339. The van der Waals surface area contributed by atoms with Crippen LogP contribution in [0.5, 0.6) is 0 Å². The molecular weight excluding hydrogens is 244 g/mol. The Morgan fingerprint density at radius 3 is 3.00 bits per heavy atom. The quantitative estimate of drug-likeness (QED) is 0.438. The number of hydrogen-bond acceptors (Lipinski definition) is 4. The Labute approximate surface area is 114 Å². The summed E-state index contributed by atoms with van der Waals surface area (Å²) in [6, 6.07) is 0. The second-order valence-corrected chi connectivity index (χ2v) is 5.72. The summed E-state index contributed by atoms with van der Waals surface area (Å²) in [6.45, 7) is 2.13. The first-order valence-electron chi connectivity index (χ1n) is 7.35. The van der Waals surface area contributed by atoms with Gasteiger partial charge in [-0.15, -0.1) is 0 Å². The maximum absolute atomic E-state index is 11.2. The van der Waals surface area contributed by atoms with Gasteiger partial charge < -0.3 is 14.9 Å². The van der Waals surface area contributed by atoms with Gasteiger partial charge in [-0.25, -0.2) is 0 Å². The Morgan fingerprint density at radius 1 is 1.47 bits per heavy atom. The van der Waals surface area contributed by atoms with Gasteiger partial charge in [0, 0.05) is 18.3 Å². The topological polar surface area (TPSA) is 66.8 Å². The molecule has 0 radical (unpaired) electrons. The van der Waals surface area contributed by atoms with E-state index in [1.54, 1.807) is 6.08 Å². The molecule has 1 saturated heterocycles. The molecule has 0 spiro atoms. The van der Waals surface area contributed by atoms with Gasteiger partial charge in [0.15, 0.2) is 0 Å². The number of esters is 1. The Morgan fingerprint density at radius 2 is 2.26 bits per heavy atom. The first-order chi connectivity index (χ1) is 9.11. The molecule has 0 aromatic carbocycles. The molecule has 2 aliphatic rings. The van der Waals surface area contributed by atoms with Crippen molar-refractivity contribution in [3.8, 4) is 0 Å². The summed E-state index contributed by atoms with van der Waals surface area (Å²) in [7, 11) is 0. The van der Waals surface area contributed by atoms with Crippen LogP contribution in [0.2, 0.25) is 0 Å². The standard InChI is InChI=1S/C15H24O4/c1-2-3-4-5-10(16)6-7-11-12-8-15(18)19-14(12)9-13(11)17/h6-7,10-14,16-17H,2-5,8-9H2,1H3/b7-6+/t10-,11+,12+,13+,14-/m0/s1. The van der Waals surface area contributed by atoms with E-state index in [1.807, 2.05) is 6.08 Å². The van der Waals surface area contributed by atoms with Crippen molar-refractivity contribution in [2.45, 2.75) is 63.8 Å². The SMILES string of the molecule is CCCCC[C@H](O)/C=C/[C@@H]1[C@H]2CC(=O)O[C@H]2C[C@H]1O. The number of carbonyl (C=O) groups excluding carboxylic acids is 1. The fourth-order valence-corrected chi connectivity index (χ4v) is 3.14. The molecule has 0 bridgehead atoms. The first kappa shape index (κ1) is 14.5. The van der Waals surface area contributed by atoms with Gasteiger partial charge in [0.1, 0.15) is 6.10 Å². The molecule has 2 fully saturated rings. The van der Waals surface area contributed by atoms with Gasteiger partial charge in [-0.2, -0.15) is 0 Å². The molecule has 4 nitrogen and oxygen atoms in total. The smallest absolute Gasteiger partial charge is 0.306 e. The zero-order valence-corrected chi connectivity index (χ0v) is 11.5. The Kier molecular flexibility index (Phi) is 4.99. The monoisotopic (exact) mass is 268 g/mol. The minimum atomic E-state index is -0.456. The molecule has 2 rings (SSSR count). The summed E-state index contributed by atoms with van der Waals surface area (Å²) in [5.74, 6) is -0.136. The van der Waals surface area contributed by atoms with Crippen LogP contribution in [0.4, 0.5) is 0 Å². The summed E-state index contributed by atoms with van der Waals surface area (Å²) in [4.78, 5) is 11.2. The second-order valence-electron chi connectivity index (χ2n) is 5.72. The lowest BCUT2D eigenvalue weighted by atomic mass is 9.91. The molecule has 1 saturated carbocycles. The molecule has 0 unspecified atom stereocenters. The summed E-state index contributed by atoms with van der Waals surface area (Å²) >= 11 is 0. The minimum Gasteiger partial charge on any atom is -0.462 e. The first-order valence-corrected chi connectivity index (χ1v) is 7.35. The van der Waals surface area contributed by atoms with Gasteiger partial charge in [0.25, 0.3) is 0 Å². The van der Waals surface area contributed by atoms with Gasteiger partial charge in [0.2, 0.25) is 0 Å². The van der Waals surface area contributed by atoms with Crippen LogP contribution in [0.3, 0.4) is 0 Å². The molecular formula is C15H24O4. The third-order valence-corrected chi connectivity index (χ3v) is 4.23. The predicted molar refractivity (Wildman–Crippen MR) is 71.4 cm³/mol. The number of hydrogen-bond donors (Lipinski definition) is 2. The molecule has 5 atom stereocenters. The van der Waals surface area contributed by atoms with E-state index in [1.165, 1.54) is 0 Å². The van der Waals surface area contributed by atoms with Gasteiger partial charge >= 0.3 is 5.97 Å². The van der Waals surface area contributed by atoms with Crippen LogP contribution in [0.25, 0.3) is 0 Å². The van der Waals surface area contributed by atoms with Gasteiger partial charge in [-0.05, 0) is 6.42 Å². The minimum absolute atomic E-state index is 0.0581. The molecule has 0 aromatic rings. The van der Waals surface area contributed by atoms with E-state index in [-0.39, 0.29) is 23.9 Å². The molecule has 1 aliphatic carbocycles. The van der Waals surface area contributed by atoms with Crippen LogP contribution in [0.1, 0.15) is 45.4 Å². The lowest BCUT2D eigenvalue weighted by Gasteiger charge is -2.15. The van der Waals surface area contributed by atoms with Crippen molar-refractivity contribution in [3.63, 3.8) is 0 Å². The van der Waals surface area contributed by atoms with Crippen molar-refractivity contribution in [2.75, 3.05) is 0 Å². The van der Waals surface area contributed by atoms with Crippen molar-refractivity contribution in [3.05, 3.63) is 12.2 Å². The highest BCUT2D eigenvalue weighted by Crippen LogP contribution is 2.42.